The average molecular weight is 237 g/mol. The fraction of sp³-hybridized carbons (Fsp3) is 0.571. The summed E-state index contributed by atoms with van der Waals surface area (Å²) in [5, 5.41) is 9.73. The summed E-state index contributed by atoms with van der Waals surface area (Å²) in [5.41, 5.74) is 1.24. The molecule has 2 nitrogen and oxygen atoms in total. The van der Waals surface area contributed by atoms with E-state index in [1.54, 1.807) is 19.1 Å². The molecule has 0 radical (unpaired) electrons. The molecule has 1 fully saturated rings. The maximum atomic E-state index is 14.0. The third-order valence-corrected chi connectivity index (χ3v) is 3.69. The van der Waals surface area contributed by atoms with Crippen LogP contribution in [-0.4, -0.2) is 18.2 Å². The first-order valence-electron chi connectivity index (χ1n) is 6.30. The molecule has 17 heavy (non-hydrogen) atoms. The number of halogens is 1. The van der Waals surface area contributed by atoms with Gasteiger partial charge in [-0.3, -0.25) is 0 Å². The number of hydrogen-bond donors (Lipinski definition) is 1. The molecule has 1 aliphatic carbocycles. The van der Waals surface area contributed by atoms with Gasteiger partial charge in [0, 0.05) is 18.7 Å². The molecule has 0 aliphatic heterocycles. The first-order valence-corrected chi connectivity index (χ1v) is 6.30. The van der Waals surface area contributed by atoms with Crippen molar-refractivity contribution in [1.82, 2.24) is 0 Å². The van der Waals surface area contributed by atoms with Gasteiger partial charge in [0.2, 0.25) is 0 Å². The predicted octanol–water partition coefficient (Wildman–Crippen LogP) is 3.26. The Balaban J connectivity index is 2.35. The molecule has 0 heterocycles. The molecule has 1 aromatic rings. The van der Waals surface area contributed by atoms with E-state index in [-0.39, 0.29) is 5.82 Å². The Morgan fingerprint density at radius 1 is 1.35 bits per heavy atom. The lowest BCUT2D eigenvalue weighted by molar-refractivity contribution is 0.199. The van der Waals surface area contributed by atoms with Crippen LogP contribution in [0.4, 0.5) is 10.1 Å². The molecule has 1 N–H and O–H groups in total. The zero-order valence-corrected chi connectivity index (χ0v) is 10.5. The van der Waals surface area contributed by atoms with E-state index in [0.717, 1.165) is 12.8 Å². The highest BCUT2D eigenvalue weighted by molar-refractivity contribution is 5.56. The highest BCUT2D eigenvalue weighted by Crippen LogP contribution is 2.33. The molecule has 0 aromatic heterocycles. The lowest BCUT2D eigenvalue weighted by atomic mass is 10.1. The van der Waals surface area contributed by atoms with Crippen molar-refractivity contribution in [3.8, 4) is 0 Å². The molecule has 1 saturated carbocycles. The minimum atomic E-state index is -0.635. The van der Waals surface area contributed by atoms with Crippen LogP contribution in [0, 0.1) is 5.82 Å². The molecule has 1 aliphatic rings. The monoisotopic (exact) mass is 237 g/mol. The van der Waals surface area contributed by atoms with Crippen molar-refractivity contribution in [3.05, 3.63) is 29.6 Å². The Kier molecular flexibility index (Phi) is 3.67. The van der Waals surface area contributed by atoms with E-state index in [2.05, 4.69) is 0 Å². The van der Waals surface area contributed by atoms with E-state index in [1.807, 2.05) is 11.9 Å². The van der Waals surface area contributed by atoms with Crippen LogP contribution < -0.4 is 4.90 Å². The van der Waals surface area contributed by atoms with Crippen molar-refractivity contribution < 1.29 is 9.50 Å². The number of aliphatic hydroxyl groups excluding tert-OH is 1. The Bertz CT molecular complexity index is 386. The number of benzene rings is 1. The lowest BCUT2D eigenvalue weighted by Gasteiger charge is -2.29. The molecule has 1 atom stereocenters. The molecule has 0 amide bonds. The number of rotatable bonds is 3. The zero-order valence-electron chi connectivity index (χ0n) is 10.5. The first-order chi connectivity index (χ1) is 8.11. The maximum absolute atomic E-state index is 14.0. The van der Waals surface area contributed by atoms with Crippen molar-refractivity contribution in [2.75, 3.05) is 11.9 Å². The van der Waals surface area contributed by atoms with Gasteiger partial charge in [0.05, 0.1) is 11.8 Å². The molecule has 3 heteroatoms. The molecular weight excluding hydrogens is 217 g/mol. The van der Waals surface area contributed by atoms with Crippen molar-refractivity contribution in [3.63, 3.8) is 0 Å². The molecule has 1 unspecified atom stereocenters. The van der Waals surface area contributed by atoms with Crippen LogP contribution in [0.1, 0.15) is 44.3 Å². The van der Waals surface area contributed by atoms with Gasteiger partial charge in [-0.05, 0) is 25.8 Å². The Morgan fingerprint density at radius 2 is 2.00 bits per heavy atom. The summed E-state index contributed by atoms with van der Waals surface area (Å²) in [6.45, 7) is 1.68. The number of aliphatic hydroxyl groups is 1. The maximum Gasteiger partial charge on any atom is 0.146 e. The van der Waals surface area contributed by atoms with Crippen LogP contribution in [0.15, 0.2) is 18.2 Å². The third-order valence-electron chi connectivity index (χ3n) is 3.69. The summed E-state index contributed by atoms with van der Waals surface area (Å²) >= 11 is 0. The van der Waals surface area contributed by atoms with Crippen molar-refractivity contribution in [2.24, 2.45) is 0 Å². The van der Waals surface area contributed by atoms with Gasteiger partial charge < -0.3 is 10.0 Å². The van der Waals surface area contributed by atoms with Crippen LogP contribution in [0.2, 0.25) is 0 Å². The van der Waals surface area contributed by atoms with Gasteiger partial charge in [0.15, 0.2) is 0 Å². The predicted molar refractivity (Wildman–Crippen MR) is 67.7 cm³/mol. The summed E-state index contributed by atoms with van der Waals surface area (Å²) in [7, 11) is 1.93. The van der Waals surface area contributed by atoms with Crippen LogP contribution >= 0.6 is 0 Å². The first kappa shape index (κ1) is 12.4. The van der Waals surface area contributed by atoms with Crippen molar-refractivity contribution >= 4 is 5.69 Å². The van der Waals surface area contributed by atoms with Crippen LogP contribution in [0.5, 0.6) is 0 Å². The van der Waals surface area contributed by atoms with E-state index >= 15 is 0 Å². The SMILES string of the molecule is CC(O)c1cccc(F)c1N(C)C1CCCC1. The number of nitrogens with zero attached hydrogens (tertiary/aromatic N) is 1. The van der Waals surface area contributed by atoms with Gasteiger partial charge in [0.25, 0.3) is 0 Å². The second-order valence-electron chi connectivity index (χ2n) is 4.90. The standard InChI is InChI=1S/C14H20FNO/c1-10(17)12-8-5-9-13(15)14(12)16(2)11-6-3-4-7-11/h5,8-11,17H,3-4,6-7H2,1-2H3. The summed E-state index contributed by atoms with van der Waals surface area (Å²) in [5.74, 6) is -0.238. The molecule has 1 aromatic carbocycles. The molecule has 94 valence electrons. The quantitative estimate of drug-likeness (QED) is 0.872. The third kappa shape index (κ3) is 2.44. The van der Waals surface area contributed by atoms with Crippen molar-refractivity contribution in [2.45, 2.75) is 44.8 Å². The molecule has 0 spiro atoms. The van der Waals surface area contributed by atoms with E-state index < -0.39 is 6.10 Å². The fourth-order valence-corrected chi connectivity index (χ4v) is 2.72. The molecule has 2 rings (SSSR count). The van der Waals surface area contributed by atoms with Crippen molar-refractivity contribution in [1.29, 1.82) is 0 Å². The van der Waals surface area contributed by atoms with E-state index in [9.17, 15) is 9.50 Å². The van der Waals surface area contributed by atoms with Crippen LogP contribution in [0.3, 0.4) is 0 Å². The summed E-state index contributed by atoms with van der Waals surface area (Å²) in [4.78, 5) is 2.00. The molecule has 0 saturated heterocycles. The number of anilines is 1. The van der Waals surface area contributed by atoms with Gasteiger partial charge in [-0.1, -0.05) is 25.0 Å². The van der Waals surface area contributed by atoms with E-state index in [4.69, 9.17) is 0 Å². The Hall–Kier alpha value is -1.09. The second-order valence-corrected chi connectivity index (χ2v) is 4.90. The molecular formula is C14H20FNO. The van der Waals surface area contributed by atoms with Gasteiger partial charge in [-0.15, -0.1) is 0 Å². The highest BCUT2D eigenvalue weighted by Gasteiger charge is 2.24. The average Bonchev–Trinajstić information content (AvgIpc) is 2.81. The smallest absolute Gasteiger partial charge is 0.146 e. The second kappa shape index (κ2) is 5.05. The van der Waals surface area contributed by atoms with Gasteiger partial charge in [0.1, 0.15) is 5.82 Å². The number of para-hydroxylation sites is 1. The highest BCUT2D eigenvalue weighted by atomic mass is 19.1. The van der Waals surface area contributed by atoms with Gasteiger partial charge >= 0.3 is 0 Å². The minimum absolute atomic E-state index is 0.238. The normalized spacial score (nSPS) is 18.4. The van der Waals surface area contributed by atoms with E-state index in [0.29, 0.717) is 17.3 Å². The Labute approximate surface area is 102 Å². The zero-order chi connectivity index (χ0) is 12.4. The number of hydrogen-bond acceptors (Lipinski definition) is 2. The van der Waals surface area contributed by atoms with E-state index in [1.165, 1.54) is 18.9 Å². The topological polar surface area (TPSA) is 23.5 Å². The van der Waals surface area contributed by atoms with Crippen LogP contribution in [0.25, 0.3) is 0 Å². The van der Waals surface area contributed by atoms with Gasteiger partial charge in [-0.25, -0.2) is 4.39 Å². The summed E-state index contributed by atoms with van der Waals surface area (Å²) < 4.78 is 14.0. The van der Waals surface area contributed by atoms with Crippen LogP contribution in [-0.2, 0) is 0 Å². The lowest BCUT2D eigenvalue weighted by Crippen LogP contribution is -2.30. The minimum Gasteiger partial charge on any atom is -0.389 e. The van der Waals surface area contributed by atoms with Gasteiger partial charge in [-0.2, -0.15) is 0 Å². The Morgan fingerprint density at radius 3 is 2.59 bits per heavy atom. The largest absolute Gasteiger partial charge is 0.389 e. The fourth-order valence-electron chi connectivity index (χ4n) is 2.72. The summed E-state index contributed by atoms with van der Waals surface area (Å²) in [6, 6.07) is 5.33. The molecule has 0 bridgehead atoms. The summed E-state index contributed by atoms with van der Waals surface area (Å²) in [6.07, 6.45) is 4.03.